The van der Waals surface area contributed by atoms with E-state index in [1.807, 2.05) is 6.92 Å². The van der Waals surface area contributed by atoms with Crippen LogP contribution in [0.15, 0.2) is 22.5 Å². The number of carboxylic acid groups (broad SMARTS) is 1. The van der Waals surface area contributed by atoms with Crippen LogP contribution in [0.3, 0.4) is 0 Å². The lowest BCUT2D eigenvalue weighted by Gasteiger charge is -2.29. The van der Waals surface area contributed by atoms with Crippen LogP contribution in [0.1, 0.15) is 53.4 Å². The van der Waals surface area contributed by atoms with Gasteiger partial charge in [0.2, 0.25) is 0 Å². The van der Waals surface area contributed by atoms with Gasteiger partial charge in [-0.1, -0.05) is 26.2 Å². The molecule has 0 saturated carbocycles. The Balaban J connectivity index is 2.94. The van der Waals surface area contributed by atoms with Gasteiger partial charge in [-0.05, 0) is 27.2 Å². The van der Waals surface area contributed by atoms with Crippen molar-refractivity contribution in [3.05, 3.63) is 22.5 Å². The van der Waals surface area contributed by atoms with Crippen LogP contribution in [0.5, 0.6) is 0 Å². The van der Waals surface area contributed by atoms with Crippen molar-refractivity contribution in [2.24, 2.45) is 5.92 Å². The molecule has 6 heteroatoms. The minimum Gasteiger partial charge on any atom is -0.478 e. The summed E-state index contributed by atoms with van der Waals surface area (Å²) in [6.07, 6.45) is 4.29. The molecular formula is C18H29NO5. The predicted molar refractivity (Wildman–Crippen MR) is 91.2 cm³/mol. The number of hydrogen-bond donors (Lipinski definition) is 2. The molecule has 1 aliphatic heterocycles. The van der Waals surface area contributed by atoms with Gasteiger partial charge in [-0.15, -0.1) is 0 Å². The second kappa shape index (κ2) is 9.47. The molecule has 1 rings (SSSR count). The number of allylic oxidation sites excluding steroid dienone is 2. The van der Waals surface area contributed by atoms with Gasteiger partial charge in [0.1, 0.15) is 0 Å². The van der Waals surface area contributed by atoms with Gasteiger partial charge in [0.25, 0.3) is 0 Å². The zero-order valence-corrected chi connectivity index (χ0v) is 15.3. The minimum absolute atomic E-state index is 0.0148. The van der Waals surface area contributed by atoms with Crippen LogP contribution in [-0.4, -0.2) is 36.9 Å². The molecule has 24 heavy (non-hydrogen) atoms. The van der Waals surface area contributed by atoms with Gasteiger partial charge in [-0.25, -0.2) is 9.59 Å². The third-order valence-corrected chi connectivity index (χ3v) is 4.28. The fourth-order valence-electron chi connectivity index (χ4n) is 2.99. The number of carboxylic acids is 1. The van der Waals surface area contributed by atoms with Gasteiger partial charge in [-0.3, -0.25) is 0 Å². The fourth-order valence-corrected chi connectivity index (χ4v) is 2.99. The lowest BCUT2D eigenvalue weighted by Crippen LogP contribution is -2.35. The van der Waals surface area contributed by atoms with Crippen molar-refractivity contribution in [2.75, 3.05) is 13.7 Å². The topological polar surface area (TPSA) is 84.9 Å². The normalized spacial score (nSPS) is 19.1. The van der Waals surface area contributed by atoms with Gasteiger partial charge >= 0.3 is 11.9 Å². The maximum Gasteiger partial charge on any atom is 0.336 e. The Kier molecular flexibility index (Phi) is 7.98. The van der Waals surface area contributed by atoms with Gasteiger partial charge in [-0.2, -0.15) is 0 Å². The zero-order valence-electron chi connectivity index (χ0n) is 15.3. The molecule has 0 fully saturated rings. The number of carbonyl (C=O) groups excluding carboxylic acids is 1. The standard InChI is InChI=1S/C18H29NO5/c1-6-7-8-9-11(2)24-10-14-15(17(20)21)12(3)19-13(4)16(14)18(22)23-5/h11,14,19H,6-10H2,1-5H3,(H,20,21). The quantitative estimate of drug-likeness (QED) is 0.496. The van der Waals surface area contributed by atoms with E-state index in [9.17, 15) is 14.7 Å². The molecule has 1 aliphatic rings. The third kappa shape index (κ3) is 5.09. The Morgan fingerprint density at radius 2 is 1.83 bits per heavy atom. The van der Waals surface area contributed by atoms with E-state index in [-0.39, 0.29) is 18.3 Å². The Morgan fingerprint density at radius 3 is 2.38 bits per heavy atom. The van der Waals surface area contributed by atoms with E-state index >= 15 is 0 Å². The number of ether oxygens (including phenoxy) is 2. The molecule has 0 radical (unpaired) electrons. The lowest BCUT2D eigenvalue weighted by molar-refractivity contribution is -0.137. The second-order valence-corrected chi connectivity index (χ2v) is 6.19. The summed E-state index contributed by atoms with van der Waals surface area (Å²) in [5.41, 5.74) is 1.61. The minimum atomic E-state index is -1.05. The van der Waals surface area contributed by atoms with E-state index in [4.69, 9.17) is 9.47 Å². The van der Waals surface area contributed by atoms with Crippen LogP contribution >= 0.6 is 0 Å². The number of dihydropyridines is 1. The molecule has 0 aromatic carbocycles. The molecule has 2 atom stereocenters. The van der Waals surface area contributed by atoms with Crippen LogP contribution in [0.25, 0.3) is 0 Å². The smallest absolute Gasteiger partial charge is 0.336 e. The first-order chi connectivity index (χ1) is 11.3. The number of nitrogens with one attached hydrogen (secondary N) is 1. The van der Waals surface area contributed by atoms with E-state index in [2.05, 4.69) is 12.2 Å². The summed E-state index contributed by atoms with van der Waals surface area (Å²) in [5.74, 6) is -2.22. The SMILES string of the molecule is CCCCCC(C)OCC1C(C(=O)O)=C(C)NC(C)=C1C(=O)OC. The highest BCUT2D eigenvalue weighted by atomic mass is 16.5. The number of rotatable bonds is 9. The van der Waals surface area contributed by atoms with Crippen LogP contribution in [-0.2, 0) is 19.1 Å². The van der Waals surface area contributed by atoms with Crippen molar-refractivity contribution in [1.29, 1.82) is 0 Å². The van der Waals surface area contributed by atoms with Crippen LogP contribution in [0, 0.1) is 5.92 Å². The monoisotopic (exact) mass is 339 g/mol. The Morgan fingerprint density at radius 1 is 1.21 bits per heavy atom. The predicted octanol–water partition coefficient (Wildman–Crippen LogP) is 3.00. The fraction of sp³-hybridized carbons (Fsp3) is 0.667. The number of hydrogen-bond acceptors (Lipinski definition) is 5. The molecule has 0 aliphatic carbocycles. The van der Waals surface area contributed by atoms with E-state index in [0.29, 0.717) is 17.0 Å². The summed E-state index contributed by atoms with van der Waals surface area (Å²) in [6.45, 7) is 7.70. The Labute approximate surface area is 143 Å². The molecule has 0 aromatic rings. The molecule has 0 aromatic heterocycles. The first-order valence-corrected chi connectivity index (χ1v) is 8.45. The van der Waals surface area contributed by atoms with Crippen molar-refractivity contribution in [3.8, 4) is 0 Å². The first-order valence-electron chi connectivity index (χ1n) is 8.45. The zero-order chi connectivity index (χ0) is 18.3. The summed E-state index contributed by atoms with van der Waals surface area (Å²) in [5, 5.41) is 12.5. The highest BCUT2D eigenvalue weighted by molar-refractivity contribution is 5.97. The summed E-state index contributed by atoms with van der Waals surface area (Å²) in [6, 6.07) is 0. The third-order valence-electron chi connectivity index (χ3n) is 4.28. The molecule has 0 bridgehead atoms. The van der Waals surface area contributed by atoms with Gasteiger partial charge in [0.05, 0.1) is 36.9 Å². The molecular weight excluding hydrogens is 310 g/mol. The average molecular weight is 339 g/mol. The Hall–Kier alpha value is -1.82. The van der Waals surface area contributed by atoms with E-state index in [1.165, 1.54) is 7.11 Å². The molecule has 2 N–H and O–H groups in total. The first kappa shape index (κ1) is 20.2. The Bertz CT molecular complexity index is 536. The van der Waals surface area contributed by atoms with E-state index in [0.717, 1.165) is 25.7 Å². The van der Waals surface area contributed by atoms with Crippen molar-refractivity contribution in [1.82, 2.24) is 5.32 Å². The van der Waals surface area contributed by atoms with Gasteiger partial charge < -0.3 is 19.9 Å². The van der Waals surface area contributed by atoms with Crippen molar-refractivity contribution in [3.63, 3.8) is 0 Å². The van der Waals surface area contributed by atoms with Crippen molar-refractivity contribution in [2.45, 2.75) is 59.5 Å². The van der Waals surface area contributed by atoms with Crippen LogP contribution < -0.4 is 5.32 Å². The maximum absolute atomic E-state index is 12.1. The highest BCUT2D eigenvalue weighted by Gasteiger charge is 2.36. The highest BCUT2D eigenvalue weighted by Crippen LogP contribution is 2.31. The molecule has 0 saturated heterocycles. The van der Waals surface area contributed by atoms with E-state index < -0.39 is 17.9 Å². The van der Waals surface area contributed by atoms with Gasteiger partial charge in [0.15, 0.2) is 0 Å². The molecule has 2 unspecified atom stereocenters. The molecule has 6 nitrogen and oxygen atoms in total. The molecule has 0 spiro atoms. The summed E-state index contributed by atoms with van der Waals surface area (Å²) >= 11 is 0. The summed E-state index contributed by atoms with van der Waals surface area (Å²) < 4.78 is 10.7. The number of carbonyl (C=O) groups is 2. The van der Waals surface area contributed by atoms with Crippen molar-refractivity contribution >= 4 is 11.9 Å². The average Bonchev–Trinajstić information content (AvgIpc) is 2.51. The second-order valence-electron chi connectivity index (χ2n) is 6.19. The number of methoxy groups -OCH3 is 1. The van der Waals surface area contributed by atoms with Crippen LogP contribution in [0.2, 0.25) is 0 Å². The summed E-state index contributed by atoms with van der Waals surface area (Å²) in [4.78, 5) is 23.8. The molecule has 1 heterocycles. The maximum atomic E-state index is 12.1. The van der Waals surface area contributed by atoms with Crippen molar-refractivity contribution < 1.29 is 24.2 Å². The van der Waals surface area contributed by atoms with Gasteiger partial charge in [0, 0.05) is 11.4 Å². The molecule has 0 amide bonds. The lowest BCUT2D eigenvalue weighted by atomic mass is 9.86. The number of aliphatic carboxylic acids is 1. The largest absolute Gasteiger partial charge is 0.478 e. The number of esters is 1. The number of unbranched alkanes of at least 4 members (excludes halogenated alkanes) is 2. The summed E-state index contributed by atoms with van der Waals surface area (Å²) in [7, 11) is 1.29. The van der Waals surface area contributed by atoms with E-state index in [1.54, 1.807) is 13.8 Å². The molecule has 136 valence electrons. The van der Waals surface area contributed by atoms with Crippen LogP contribution in [0.4, 0.5) is 0 Å².